The highest BCUT2D eigenvalue weighted by atomic mass is 19.3. The lowest BCUT2D eigenvalue weighted by atomic mass is 10.1. The number of hydrogen-bond acceptors (Lipinski definition) is 2. The van der Waals surface area contributed by atoms with Gasteiger partial charge in [-0.2, -0.15) is 8.78 Å². The average molecular weight is 197 g/mol. The minimum atomic E-state index is -3.46. The van der Waals surface area contributed by atoms with E-state index in [-0.39, 0.29) is 5.56 Å². The van der Waals surface area contributed by atoms with E-state index in [1.165, 1.54) is 12.1 Å². The van der Waals surface area contributed by atoms with Crippen LogP contribution >= 0.6 is 0 Å². The molecule has 0 aliphatic heterocycles. The Morgan fingerprint density at radius 1 is 1.36 bits per heavy atom. The van der Waals surface area contributed by atoms with Gasteiger partial charge in [-0.3, -0.25) is 0 Å². The summed E-state index contributed by atoms with van der Waals surface area (Å²) in [6, 6.07) is 2.24. The summed E-state index contributed by atoms with van der Waals surface area (Å²) in [5.41, 5.74) is 0.665. The van der Waals surface area contributed by atoms with Crippen molar-refractivity contribution >= 4 is 6.08 Å². The van der Waals surface area contributed by atoms with E-state index < -0.39 is 6.05 Å². The summed E-state index contributed by atoms with van der Waals surface area (Å²) < 4.78 is 25.9. The standard InChI is InChI=1S/C10H9F2NO/c1-2-8-3-5-9(6-4-8)10(11,12)13-7-14/h3-6H,2H2,1H3. The molecule has 0 aromatic heterocycles. The zero-order chi connectivity index (χ0) is 10.6. The maximum absolute atomic E-state index is 13.0. The largest absolute Gasteiger partial charge is 0.379 e. The maximum Gasteiger partial charge on any atom is 0.379 e. The molecule has 0 aliphatic carbocycles. The Morgan fingerprint density at radius 2 is 1.93 bits per heavy atom. The van der Waals surface area contributed by atoms with Crippen LogP contribution in [-0.2, 0) is 17.3 Å². The minimum Gasteiger partial charge on any atom is -0.211 e. The monoisotopic (exact) mass is 197 g/mol. The summed E-state index contributed by atoms with van der Waals surface area (Å²) in [6.45, 7) is 1.93. The Morgan fingerprint density at radius 3 is 2.36 bits per heavy atom. The Kier molecular flexibility index (Phi) is 3.10. The molecule has 0 radical (unpaired) electrons. The number of carbonyl (C=O) groups excluding carboxylic acids is 1. The van der Waals surface area contributed by atoms with E-state index in [2.05, 4.69) is 4.99 Å². The van der Waals surface area contributed by atoms with E-state index in [1.54, 1.807) is 12.1 Å². The fourth-order valence-corrected chi connectivity index (χ4v) is 1.06. The van der Waals surface area contributed by atoms with Crippen LogP contribution < -0.4 is 0 Å². The highest BCUT2D eigenvalue weighted by Crippen LogP contribution is 2.28. The minimum absolute atomic E-state index is 0.293. The zero-order valence-electron chi connectivity index (χ0n) is 7.63. The first-order valence-electron chi connectivity index (χ1n) is 4.16. The molecule has 1 aromatic carbocycles. The molecule has 0 N–H and O–H groups in total. The lowest BCUT2D eigenvalue weighted by Gasteiger charge is -2.09. The molecular weight excluding hydrogens is 188 g/mol. The zero-order valence-corrected chi connectivity index (χ0v) is 7.63. The summed E-state index contributed by atoms with van der Waals surface area (Å²) in [7, 11) is 0. The summed E-state index contributed by atoms with van der Waals surface area (Å²) in [6.07, 6.45) is 1.64. The van der Waals surface area contributed by atoms with Crippen molar-refractivity contribution in [3.05, 3.63) is 35.4 Å². The van der Waals surface area contributed by atoms with Crippen LogP contribution in [0.5, 0.6) is 0 Å². The molecule has 1 rings (SSSR count). The van der Waals surface area contributed by atoms with Crippen LogP contribution in [0.1, 0.15) is 18.1 Å². The van der Waals surface area contributed by atoms with Gasteiger partial charge in [0.15, 0.2) is 0 Å². The van der Waals surface area contributed by atoms with Crippen molar-refractivity contribution in [2.24, 2.45) is 4.99 Å². The van der Waals surface area contributed by atoms with Crippen LogP contribution in [0.4, 0.5) is 8.78 Å². The van der Waals surface area contributed by atoms with Gasteiger partial charge < -0.3 is 0 Å². The Bertz CT molecular complexity index is 353. The van der Waals surface area contributed by atoms with Crippen LogP contribution in [0, 0.1) is 0 Å². The number of halogens is 2. The molecule has 0 heterocycles. The predicted octanol–water partition coefficient (Wildman–Crippen LogP) is 2.63. The van der Waals surface area contributed by atoms with Gasteiger partial charge in [-0.25, -0.2) is 4.79 Å². The number of aliphatic imine (C=N–C) groups is 1. The van der Waals surface area contributed by atoms with Crippen LogP contribution in [0.15, 0.2) is 29.3 Å². The SMILES string of the molecule is CCc1ccc(C(F)(F)N=C=O)cc1. The summed E-state index contributed by atoms with van der Waals surface area (Å²) in [5, 5.41) is 0. The summed E-state index contributed by atoms with van der Waals surface area (Å²) in [4.78, 5) is 12.2. The first-order chi connectivity index (χ1) is 6.60. The topological polar surface area (TPSA) is 29.4 Å². The van der Waals surface area contributed by atoms with E-state index in [4.69, 9.17) is 0 Å². The maximum atomic E-state index is 13.0. The van der Waals surface area contributed by atoms with E-state index in [0.717, 1.165) is 18.1 Å². The van der Waals surface area contributed by atoms with Crippen molar-refractivity contribution in [3.63, 3.8) is 0 Å². The third-order valence-electron chi connectivity index (χ3n) is 1.90. The smallest absolute Gasteiger partial charge is 0.211 e. The summed E-state index contributed by atoms with van der Waals surface area (Å²) >= 11 is 0. The number of alkyl halides is 2. The molecule has 0 unspecified atom stereocenters. The first kappa shape index (κ1) is 10.5. The van der Waals surface area contributed by atoms with E-state index >= 15 is 0 Å². The molecule has 0 amide bonds. The second-order valence-electron chi connectivity index (χ2n) is 2.79. The Labute approximate surface area is 80.3 Å². The number of hydrogen-bond donors (Lipinski definition) is 0. The van der Waals surface area contributed by atoms with Gasteiger partial charge in [0, 0.05) is 5.56 Å². The molecule has 0 atom stereocenters. The van der Waals surface area contributed by atoms with Gasteiger partial charge in [-0.1, -0.05) is 31.2 Å². The van der Waals surface area contributed by atoms with Crippen LogP contribution in [0.2, 0.25) is 0 Å². The summed E-state index contributed by atoms with van der Waals surface area (Å²) in [5.74, 6) is 0. The predicted molar refractivity (Wildman–Crippen MR) is 47.8 cm³/mol. The molecular formula is C10H9F2NO. The fraction of sp³-hybridized carbons (Fsp3) is 0.300. The van der Waals surface area contributed by atoms with E-state index in [0.29, 0.717) is 0 Å². The Hall–Kier alpha value is -1.54. The number of benzene rings is 1. The van der Waals surface area contributed by atoms with Crippen LogP contribution in [-0.4, -0.2) is 6.08 Å². The average Bonchev–Trinajstić information content (AvgIpc) is 2.18. The van der Waals surface area contributed by atoms with Crippen molar-refractivity contribution in [2.75, 3.05) is 0 Å². The fourth-order valence-electron chi connectivity index (χ4n) is 1.06. The van der Waals surface area contributed by atoms with Gasteiger partial charge in [0.25, 0.3) is 0 Å². The van der Waals surface area contributed by atoms with E-state index in [9.17, 15) is 13.6 Å². The molecule has 0 saturated heterocycles. The van der Waals surface area contributed by atoms with Crippen molar-refractivity contribution in [3.8, 4) is 0 Å². The Balaban J connectivity index is 3.02. The molecule has 0 aliphatic rings. The van der Waals surface area contributed by atoms with Gasteiger partial charge >= 0.3 is 6.05 Å². The molecule has 1 aromatic rings. The van der Waals surface area contributed by atoms with Crippen LogP contribution in [0.3, 0.4) is 0 Å². The van der Waals surface area contributed by atoms with Crippen LogP contribution in [0.25, 0.3) is 0 Å². The van der Waals surface area contributed by atoms with Gasteiger partial charge in [0.1, 0.15) is 0 Å². The molecule has 0 spiro atoms. The van der Waals surface area contributed by atoms with Crippen molar-refractivity contribution in [1.82, 2.24) is 0 Å². The number of nitrogens with zero attached hydrogens (tertiary/aromatic N) is 1. The highest BCUT2D eigenvalue weighted by Gasteiger charge is 2.30. The molecule has 2 nitrogen and oxygen atoms in total. The van der Waals surface area contributed by atoms with Crippen molar-refractivity contribution < 1.29 is 13.6 Å². The second kappa shape index (κ2) is 4.11. The molecule has 0 bridgehead atoms. The molecule has 0 saturated carbocycles. The van der Waals surface area contributed by atoms with Gasteiger partial charge in [0.2, 0.25) is 6.08 Å². The van der Waals surface area contributed by atoms with Gasteiger partial charge in [0.05, 0.1) is 0 Å². The first-order valence-corrected chi connectivity index (χ1v) is 4.16. The molecule has 74 valence electrons. The second-order valence-corrected chi connectivity index (χ2v) is 2.79. The number of isocyanates is 1. The third-order valence-corrected chi connectivity index (χ3v) is 1.90. The van der Waals surface area contributed by atoms with Gasteiger partial charge in [-0.05, 0) is 12.0 Å². The van der Waals surface area contributed by atoms with Crippen molar-refractivity contribution in [2.45, 2.75) is 19.4 Å². The third kappa shape index (κ3) is 2.24. The molecule has 0 fully saturated rings. The number of rotatable bonds is 3. The van der Waals surface area contributed by atoms with Crippen molar-refractivity contribution in [1.29, 1.82) is 0 Å². The quantitative estimate of drug-likeness (QED) is 0.416. The number of aryl methyl sites for hydroxylation is 1. The van der Waals surface area contributed by atoms with E-state index in [1.807, 2.05) is 6.92 Å². The molecule has 14 heavy (non-hydrogen) atoms. The lowest BCUT2D eigenvalue weighted by molar-refractivity contribution is 0.00616. The lowest BCUT2D eigenvalue weighted by Crippen LogP contribution is -2.09. The molecule has 4 heteroatoms. The normalized spacial score (nSPS) is 10.8. The highest BCUT2D eigenvalue weighted by molar-refractivity contribution is 5.36. The van der Waals surface area contributed by atoms with Gasteiger partial charge in [-0.15, -0.1) is 4.99 Å².